The molecule has 0 aliphatic rings. The molecule has 0 saturated heterocycles. The molecule has 2 atom stereocenters. The fourth-order valence-electron chi connectivity index (χ4n) is 5.15. The van der Waals surface area contributed by atoms with E-state index in [2.05, 4.69) is 24.5 Å². The molecule has 3 amide bonds. The van der Waals surface area contributed by atoms with Crippen LogP contribution in [0.3, 0.4) is 0 Å². The van der Waals surface area contributed by atoms with Gasteiger partial charge in [-0.15, -0.1) is 0 Å². The first-order valence-electron chi connectivity index (χ1n) is 16.3. The first-order chi connectivity index (χ1) is 20.9. The highest BCUT2D eigenvalue weighted by Crippen LogP contribution is 2.28. The Kier molecular flexibility index (Phi) is 15.2. The van der Waals surface area contributed by atoms with Crippen LogP contribution in [0, 0.1) is 13.8 Å². The molecule has 3 N–H and O–H groups in total. The van der Waals surface area contributed by atoms with E-state index >= 15 is 0 Å². The van der Waals surface area contributed by atoms with Crippen molar-refractivity contribution in [2.45, 2.75) is 124 Å². The third-order valence-corrected chi connectivity index (χ3v) is 7.73. The number of hydrogen-bond acceptors (Lipinski definition) is 5. The van der Waals surface area contributed by atoms with Crippen molar-refractivity contribution in [3.05, 3.63) is 64.7 Å². The number of nitrogens with zero attached hydrogens (tertiary/aromatic N) is 1. The molecule has 0 saturated carbocycles. The lowest BCUT2D eigenvalue weighted by atomic mass is 9.94. The maximum atomic E-state index is 14.7. The Labute approximate surface area is 264 Å². The van der Waals surface area contributed by atoms with Crippen LogP contribution in [0.1, 0.15) is 114 Å². The van der Waals surface area contributed by atoms with Crippen molar-refractivity contribution < 1.29 is 24.2 Å². The van der Waals surface area contributed by atoms with Crippen LogP contribution in [0.15, 0.2) is 42.5 Å². The Morgan fingerprint density at radius 2 is 1.52 bits per heavy atom. The topological polar surface area (TPSA) is 108 Å². The van der Waals surface area contributed by atoms with Crippen LogP contribution in [0.25, 0.3) is 0 Å². The maximum absolute atomic E-state index is 14.7. The van der Waals surface area contributed by atoms with E-state index < -0.39 is 23.8 Å². The molecule has 8 heteroatoms. The number of amides is 3. The molecule has 0 fully saturated rings. The molecule has 2 aromatic carbocycles. The van der Waals surface area contributed by atoms with Crippen LogP contribution in [-0.4, -0.2) is 52.6 Å². The second kappa shape index (κ2) is 18.3. The molecular weight excluding hydrogens is 554 g/mol. The van der Waals surface area contributed by atoms with Crippen LogP contribution in [0.4, 0.5) is 4.79 Å². The Hall–Kier alpha value is -3.55. The number of unbranched alkanes of at least 4 members (excludes halogenated alkanes) is 6. The zero-order valence-electron chi connectivity index (χ0n) is 28.0. The average molecular weight is 610 g/mol. The summed E-state index contributed by atoms with van der Waals surface area (Å²) < 4.78 is 5.54. The van der Waals surface area contributed by atoms with Crippen molar-refractivity contribution in [3.63, 3.8) is 0 Å². The Bertz CT molecular complexity index is 1190. The lowest BCUT2D eigenvalue weighted by Gasteiger charge is -2.35. The molecule has 0 heterocycles. The molecule has 2 unspecified atom stereocenters. The predicted octanol–water partition coefficient (Wildman–Crippen LogP) is 7.29. The van der Waals surface area contributed by atoms with Gasteiger partial charge in [-0.3, -0.25) is 9.59 Å². The number of ether oxygens (including phenoxy) is 1. The van der Waals surface area contributed by atoms with Gasteiger partial charge in [0.15, 0.2) is 0 Å². The van der Waals surface area contributed by atoms with Crippen LogP contribution < -0.4 is 10.6 Å². The number of hydrogen-bond donors (Lipinski definition) is 3. The van der Waals surface area contributed by atoms with Crippen LogP contribution in [-0.2, 0) is 20.7 Å². The molecule has 2 rings (SSSR count). The summed E-state index contributed by atoms with van der Waals surface area (Å²) in [4.78, 5) is 43.3. The standard InChI is InChI=1S/C36H55N3O5/c1-8-10-12-13-14-15-24-39(32(33(41)37-23-11-9-2)30-18-16-17-26(3)27(30)4)34(42)31(38-35(43)44-36(5,6)7)25-28-19-21-29(40)22-20-28/h16-22,31-32,40H,8-15,23-25H2,1-7H3,(H,37,41)(H,38,43). The predicted molar refractivity (Wildman–Crippen MR) is 177 cm³/mol. The van der Waals surface area contributed by atoms with Gasteiger partial charge in [0.2, 0.25) is 11.8 Å². The van der Waals surface area contributed by atoms with E-state index in [-0.39, 0.29) is 24.0 Å². The van der Waals surface area contributed by atoms with Gasteiger partial charge >= 0.3 is 6.09 Å². The van der Waals surface area contributed by atoms with Gasteiger partial charge in [-0.25, -0.2) is 4.79 Å². The van der Waals surface area contributed by atoms with Gasteiger partial charge in [0.25, 0.3) is 0 Å². The summed E-state index contributed by atoms with van der Waals surface area (Å²) in [5, 5.41) is 15.7. The number of aromatic hydroxyl groups is 1. The van der Waals surface area contributed by atoms with Crippen LogP contribution >= 0.6 is 0 Å². The Morgan fingerprint density at radius 1 is 0.886 bits per heavy atom. The van der Waals surface area contributed by atoms with Crippen LogP contribution in [0.5, 0.6) is 5.75 Å². The molecule has 244 valence electrons. The third-order valence-electron chi connectivity index (χ3n) is 7.73. The van der Waals surface area contributed by atoms with Gasteiger partial charge in [-0.1, -0.05) is 82.7 Å². The van der Waals surface area contributed by atoms with E-state index in [0.29, 0.717) is 13.1 Å². The number of aryl methyl sites for hydroxylation is 1. The highest BCUT2D eigenvalue weighted by molar-refractivity contribution is 5.92. The largest absolute Gasteiger partial charge is 0.508 e. The minimum absolute atomic E-state index is 0.111. The second-order valence-electron chi connectivity index (χ2n) is 12.7. The fourth-order valence-corrected chi connectivity index (χ4v) is 5.15. The van der Waals surface area contributed by atoms with Crippen LogP contribution in [0.2, 0.25) is 0 Å². The Morgan fingerprint density at radius 3 is 2.16 bits per heavy atom. The molecular formula is C36H55N3O5. The van der Waals surface area contributed by atoms with Gasteiger partial charge < -0.3 is 25.4 Å². The first kappa shape index (κ1) is 36.6. The Balaban J connectivity index is 2.57. The molecule has 0 bridgehead atoms. The molecule has 0 aliphatic carbocycles. The smallest absolute Gasteiger partial charge is 0.408 e. The zero-order chi connectivity index (χ0) is 32.7. The highest BCUT2D eigenvalue weighted by atomic mass is 16.6. The number of alkyl carbamates (subject to hydrolysis) is 1. The van der Waals surface area contributed by atoms with E-state index in [1.807, 2.05) is 32.0 Å². The summed E-state index contributed by atoms with van der Waals surface area (Å²) in [5.41, 5.74) is 2.77. The average Bonchev–Trinajstić information content (AvgIpc) is 2.95. The van der Waals surface area contributed by atoms with Crippen molar-refractivity contribution in [1.82, 2.24) is 15.5 Å². The van der Waals surface area contributed by atoms with E-state index in [9.17, 15) is 19.5 Å². The molecule has 0 radical (unpaired) electrons. The van der Waals surface area contributed by atoms with Gasteiger partial charge in [-0.05, 0) is 81.8 Å². The normalized spacial score (nSPS) is 12.7. The van der Waals surface area contributed by atoms with Gasteiger partial charge in [0.1, 0.15) is 23.4 Å². The molecule has 0 aliphatic heterocycles. The maximum Gasteiger partial charge on any atom is 0.408 e. The van der Waals surface area contributed by atoms with E-state index in [1.54, 1.807) is 49.9 Å². The molecule has 44 heavy (non-hydrogen) atoms. The monoisotopic (exact) mass is 609 g/mol. The number of benzene rings is 2. The molecule has 2 aromatic rings. The number of carbonyl (C=O) groups excluding carboxylic acids is 3. The first-order valence-corrected chi connectivity index (χ1v) is 16.3. The van der Waals surface area contributed by atoms with Gasteiger partial charge in [-0.2, -0.15) is 0 Å². The SMILES string of the molecule is CCCCCCCCN(C(=O)C(Cc1ccc(O)cc1)NC(=O)OC(C)(C)C)C(C(=O)NCCCC)c1cccc(C)c1C. The fraction of sp³-hybridized carbons (Fsp3) is 0.583. The third kappa shape index (κ3) is 12.2. The number of rotatable bonds is 17. The lowest BCUT2D eigenvalue weighted by Crippen LogP contribution is -2.54. The van der Waals surface area contributed by atoms with Gasteiger partial charge in [0.05, 0.1) is 0 Å². The minimum Gasteiger partial charge on any atom is -0.508 e. The summed E-state index contributed by atoms with van der Waals surface area (Å²) in [6.07, 6.45) is 7.40. The summed E-state index contributed by atoms with van der Waals surface area (Å²) in [6, 6.07) is 10.5. The van der Waals surface area contributed by atoms with E-state index in [4.69, 9.17) is 4.74 Å². The van der Waals surface area contributed by atoms with Crippen molar-refractivity contribution >= 4 is 17.9 Å². The van der Waals surface area contributed by atoms with Crippen molar-refractivity contribution in [1.29, 1.82) is 0 Å². The minimum atomic E-state index is -0.995. The molecule has 0 aromatic heterocycles. The highest BCUT2D eigenvalue weighted by Gasteiger charge is 2.37. The second-order valence-corrected chi connectivity index (χ2v) is 12.7. The van der Waals surface area contributed by atoms with Gasteiger partial charge in [0, 0.05) is 19.5 Å². The van der Waals surface area contributed by atoms with E-state index in [0.717, 1.165) is 67.2 Å². The molecule has 0 spiro atoms. The van der Waals surface area contributed by atoms with Crippen molar-refractivity contribution in [2.75, 3.05) is 13.1 Å². The zero-order valence-corrected chi connectivity index (χ0v) is 28.0. The summed E-state index contributed by atoms with van der Waals surface area (Å²) >= 11 is 0. The number of nitrogens with one attached hydrogen (secondary N) is 2. The summed E-state index contributed by atoms with van der Waals surface area (Å²) in [6.45, 7) is 14.4. The lowest BCUT2D eigenvalue weighted by molar-refractivity contribution is -0.142. The molecule has 8 nitrogen and oxygen atoms in total. The van der Waals surface area contributed by atoms with E-state index in [1.165, 1.54) is 6.42 Å². The number of phenolic OH excluding ortho intramolecular Hbond substituents is 1. The van der Waals surface area contributed by atoms with Crippen molar-refractivity contribution in [2.24, 2.45) is 0 Å². The summed E-state index contributed by atoms with van der Waals surface area (Å²) in [5.74, 6) is -0.471. The summed E-state index contributed by atoms with van der Waals surface area (Å²) in [7, 11) is 0. The number of phenols is 1. The van der Waals surface area contributed by atoms with Crippen molar-refractivity contribution in [3.8, 4) is 5.75 Å². The number of carbonyl (C=O) groups is 3. The quantitative estimate of drug-likeness (QED) is 0.163.